The van der Waals surface area contributed by atoms with Gasteiger partial charge in [-0.05, 0) is 42.0 Å². The van der Waals surface area contributed by atoms with Gasteiger partial charge < -0.3 is 11.5 Å². The molecule has 3 rings (SSSR count). The minimum atomic E-state index is -0.703. The molecule has 0 unspecified atom stereocenters. The molecular weight excluding hydrogens is 373 g/mol. The van der Waals surface area contributed by atoms with Gasteiger partial charge in [0, 0.05) is 27.9 Å². The molecule has 0 aliphatic carbocycles. The van der Waals surface area contributed by atoms with Gasteiger partial charge in [-0.3, -0.25) is 14.6 Å². The average molecular weight is 386 g/mol. The molecule has 4 N–H and O–H groups in total. The number of nitrogens with two attached hydrogens (primary N) is 2. The molecule has 0 fully saturated rings. The van der Waals surface area contributed by atoms with Crippen LogP contribution in [0.15, 0.2) is 54.7 Å². The molecule has 7 heteroatoms. The van der Waals surface area contributed by atoms with E-state index in [1.165, 1.54) is 12.1 Å². The van der Waals surface area contributed by atoms with Crippen LogP contribution in [0.1, 0.15) is 20.7 Å². The quantitative estimate of drug-likeness (QED) is 0.711. The zero-order valence-corrected chi connectivity index (χ0v) is 14.9. The molecule has 0 saturated heterocycles. The van der Waals surface area contributed by atoms with E-state index in [2.05, 4.69) is 4.98 Å². The lowest BCUT2D eigenvalue weighted by atomic mass is 9.94. The first kappa shape index (κ1) is 17.9. The summed E-state index contributed by atoms with van der Waals surface area (Å²) in [6, 6.07) is 13.3. The van der Waals surface area contributed by atoms with Crippen molar-refractivity contribution in [2.45, 2.75) is 0 Å². The van der Waals surface area contributed by atoms with Gasteiger partial charge in [-0.15, -0.1) is 0 Å². The number of pyridine rings is 1. The summed E-state index contributed by atoms with van der Waals surface area (Å²) in [5, 5.41) is 0.540. The van der Waals surface area contributed by atoms with Crippen LogP contribution >= 0.6 is 23.2 Å². The predicted octanol–water partition coefficient (Wildman–Crippen LogP) is 3.92. The zero-order valence-electron chi connectivity index (χ0n) is 13.4. The normalized spacial score (nSPS) is 10.5. The number of rotatable bonds is 4. The van der Waals surface area contributed by atoms with Crippen molar-refractivity contribution in [1.29, 1.82) is 0 Å². The van der Waals surface area contributed by atoms with E-state index in [-0.39, 0.29) is 16.1 Å². The molecule has 1 aromatic heterocycles. The smallest absolute Gasteiger partial charge is 0.250 e. The molecule has 26 heavy (non-hydrogen) atoms. The summed E-state index contributed by atoms with van der Waals surface area (Å²) in [5.74, 6) is -1.38. The van der Waals surface area contributed by atoms with Gasteiger partial charge in [0.2, 0.25) is 11.8 Å². The van der Waals surface area contributed by atoms with Gasteiger partial charge in [-0.2, -0.15) is 0 Å². The van der Waals surface area contributed by atoms with Crippen molar-refractivity contribution in [1.82, 2.24) is 4.98 Å². The molecule has 0 bridgehead atoms. The van der Waals surface area contributed by atoms with Crippen LogP contribution in [-0.2, 0) is 0 Å². The largest absolute Gasteiger partial charge is 0.366 e. The van der Waals surface area contributed by atoms with Gasteiger partial charge in [0.15, 0.2) is 0 Å². The second-order valence-electron chi connectivity index (χ2n) is 5.49. The Balaban J connectivity index is 2.29. The number of carbonyl (C=O) groups is 2. The SMILES string of the molecule is NC(=O)c1ccc(C(N)=O)c(-c2ccc(Cl)c(-c3ccccn3)c2)c1Cl. The van der Waals surface area contributed by atoms with Crippen molar-refractivity contribution in [2.24, 2.45) is 11.5 Å². The second-order valence-corrected chi connectivity index (χ2v) is 6.27. The van der Waals surface area contributed by atoms with E-state index in [1.807, 2.05) is 6.07 Å². The number of hydrogen-bond acceptors (Lipinski definition) is 3. The van der Waals surface area contributed by atoms with Crippen LogP contribution < -0.4 is 11.5 Å². The van der Waals surface area contributed by atoms with Crippen molar-refractivity contribution in [3.63, 3.8) is 0 Å². The van der Waals surface area contributed by atoms with Crippen LogP contribution in [0, 0.1) is 0 Å². The molecule has 0 radical (unpaired) electrons. The van der Waals surface area contributed by atoms with Crippen molar-refractivity contribution >= 4 is 35.0 Å². The predicted molar refractivity (Wildman–Crippen MR) is 102 cm³/mol. The Morgan fingerprint density at radius 3 is 2.19 bits per heavy atom. The Hall–Kier alpha value is -2.89. The van der Waals surface area contributed by atoms with Crippen LogP contribution in [0.2, 0.25) is 10.0 Å². The van der Waals surface area contributed by atoms with Crippen molar-refractivity contribution in [3.05, 3.63) is 75.9 Å². The lowest BCUT2D eigenvalue weighted by Crippen LogP contribution is -2.16. The Morgan fingerprint density at radius 1 is 0.885 bits per heavy atom. The Morgan fingerprint density at radius 2 is 1.58 bits per heavy atom. The van der Waals surface area contributed by atoms with Crippen molar-refractivity contribution in [3.8, 4) is 22.4 Å². The van der Waals surface area contributed by atoms with E-state index in [9.17, 15) is 9.59 Å². The molecule has 0 aliphatic heterocycles. The Kier molecular flexibility index (Phi) is 4.93. The molecule has 0 saturated carbocycles. The summed E-state index contributed by atoms with van der Waals surface area (Å²) in [6.07, 6.45) is 1.65. The number of amides is 2. The molecule has 5 nitrogen and oxygen atoms in total. The van der Waals surface area contributed by atoms with Gasteiger partial charge in [-0.25, -0.2) is 0 Å². The molecule has 130 valence electrons. The standard InChI is InChI=1S/C19H13Cl2N3O2/c20-14-7-4-10(9-13(14)15-3-1-2-8-24-15)16-11(18(22)25)5-6-12(17(16)21)19(23)26/h1-9H,(H2,22,25)(H2,23,26). The Labute approximate surface area is 159 Å². The molecule has 0 atom stereocenters. The lowest BCUT2D eigenvalue weighted by Gasteiger charge is -2.14. The number of carbonyl (C=O) groups excluding carboxylic acids is 2. The third-order valence-electron chi connectivity index (χ3n) is 3.87. The molecule has 0 aliphatic rings. The molecule has 1 heterocycles. The van der Waals surface area contributed by atoms with E-state index in [1.54, 1.807) is 36.5 Å². The summed E-state index contributed by atoms with van der Waals surface area (Å²) >= 11 is 12.7. The van der Waals surface area contributed by atoms with Crippen LogP contribution in [0.4, 0.5) is 0 Å². The highest BCUT2D eigenvalue weighted by Gasteiger charge is 2.20. The van der Waals surface area contributed by atoms with E-state index < -0.39 is 11.8 Å². The highest BCUT2D eigenvalue weighted by atomic mass is 35.5. The maximum absolute atomic E-state index is 11.9. The van der Waals surface area contributed by atoms with Crippen LogP contribution in [-0.4, -0.2) is 16.8 Å². The average Bonchev–Trinajstić information content (AvgIpc) is 2.62. The Bertz CT molecular complexity index is 1020. The van der Waals surface area contributed by atoms with Crippen LogP contribution in [0.5, 0.6) is 0 Å². The van der Waals surface area contributed by atoms with Crippen molar-refractivity contribution < 1.29 is 9.59 Å². The summed E-state index contributed by atoms with van der Waals surface area (Å²) in [5.41, 5.74) is 13.3. The fourth-order valence-corrected chi connectivity index (χ4v) is 3.23. The van der Waals surface area contributed by atoms with Crippen LogP contribution in [0.25, 0.3) is 22.4 Å². The van der Waals surface area contributed by atoms with Gasteiger partial charge in [0.25, 0.3) is 0 Å². The summed E-state index contributed by atoms with van der Waals surface area (Å²) in [7, 11) is 0. The van der Waals surface area contributed by atoms with Gasteiger partial charge >= 0.3 is 0 Å². The number of nitrogens with zero attached hydrogens (tertiary/aromatic N) is 1. The zero-order chi connectivity index (χ0) is 18.8. The number of hydrogen-bond donors (Lipinski definition) is 2. The number of primary amides is 2. The first-order valence-electron chi connectivity index (χ1n) is 7.53. The van der Waals surface area contributed by atoms with E-state index in [4.69, 9.17) is 34.7 Å². The minimum Gasteiger partial charge on any atom is -0.366 e. The molecule has 2 aromatic carbocycles. The van der Waals surface area contributed by atoms with Gasteiger partial charge in [0.05, 0.1) is 16.3 Å². The third-order valence-corrected chi connectivity index (χ3v) is 4.59. The number of benzene rings is 2. The number of halogens is 2. The third kappa shape index (κ3) is 3.27. The first-order valence-corrected chi connectivity index (χ1v) is 8.29. The minimum absolute atomic E-state index is 0.0584. The monoisotopic (exact) mass is 385 g/mol. The maximum Gasteiger partial charge on any atom is 0.250 e. The fourth-order valence-electron chi connectivity index (χ4n) is 2.65. The summed E-state index contributed by atoms with van der Waals surface area (Å²) in [4.78, 5) is 27.8. The van der Waals surface area contributed by atoms with E-state index in [0.717, 1.165) is 0 Å². The summed E-state index contributed by atoms with van der Waals surface area (Å²) in [6.45, 7) is 0. The summed E-state index contributed by atoms with van der Waals surface area (Å²) < 4.78 is 0. The van der Waals surface area contributed by atoms with E-state index in [0.29, 0.717) is 27.4 Å². The van der Waals surface area contributed by atoms with Crippen molar-refractivity contribution in [2.75, 3.05) is 0 Å². The maximum atomic E-state index is 11.9. The molecule has 0 spiro atoms. The topological polar surface area (TPSA) is 99.1 Å². The first-order chi connectivity index (χ1) is 12.4. The molecule has 3 aromatic rings. The lowest BCUT2D eigenvalue weighted by molar-refractivity contribution is 0.0989. The fraction of sp³-hybridized carbons (Fsp3) is 0. The number of aromatic nitrogens is 1. The highest BCUT2D eigenvalue weighted by Crippen LogP contribution is 2.37. The highest BCUT2D eigenvalue weighted by molar-refractivity contribution is 6.37. The van der Waals surface area contributed by atoms with E-state index >= 15 is 0 Å². The van der Waals surface area contributed by atoms with Gasteiger partial charge in [0.1, 0.15) is 0 Å². The van der Waals surface area contributed by atoms with Crippen LogP contribution in [0.3, 0.4) is 0 Å². The second kappa shape index (κ2) is 7.15. The molecular formula is C19H13Cl2N3O2. The molecule has 2 amide bonds. The van der Waals surface area contributed by atoms with Gasteiger partial charge in [-0.1, -0.05) is 35.3 Å².